The van der Waals surface area contributed by atoms with Crippen LogP contribution in [-0.2, 0) is 13.6 Å². The lowest BCUT2D eigenvalue weighted by molar-refractivity contribution is 0.0708. The molecule has 0 radical (unpaired) electrons. The first-order valence-electron chi connectivity index (χ1n) is 7.58. The Balaban J connectivity index is 1.90. The van der Waals surface area contributed by atoms with Crippen molar-refractivity contribution in [3.63, 3.8) is 0 Å². The summed E-state index contributed by atoms with van der Waals surface area (Å²) in [5, 5.41) is 9.26. The van der Waals surface area contributed by atoms with Crippen molar-refractivity contribution in [1.82, 2.24) is 19.4 Å². The molecule has 0 aliphatic heterocycles. The molecule has 7 nitrogen and oxygen atoms in total. The largest absolute Gasteiger partial charge is 0.395 e. The highest BCUT2D eigenvalue weighted by molar-refractivity contribution is 5.97. The zero-order valence-electron chi connectivity index (χ0n) is 13.3. The highest BCUT2D eigenvalue weighted by Gasteiger charge is 2.17. The monoisotopic (exact) mass is 326 g/mol. The van der Waals surface area contributed by atoms with Crippen molar-refractivity contribution in [3.05, 3.63) is 64.3 Å². The van der Waals surface area contributed by atoms with E-state index >= 15 is 0 Å². The van der Waals surface area contributed by atoms with E-state index in [1.807, 2.05) is 6.07 Å². The summed E-state index contributed by atoms with van der Waals surface area (Å²) in [6, 6.07) is 8.76. The maximum absolute atomic E-state index is 12.8. The van der Waals surface area contributed by atoms with E-state index in [0.717, 1.165) is 11.1 Å². The molecule has 0 spiro atoms. The Hall–Kier alpha value is -2.93. The normalized spacial score (nSPS) is 10.9. The van der Waals surface area contributed by atoms with Gasteiger partial charge in [-0.05, 0) is 29.8 Å². The average molecular weight is 326 g/mol. The fourth-order valence-electron chi connectivity index (χ4n) is 2.64. The molecule has 0 saturated heterocycles. The van der Waals surface area contributed by atoms with Crippen LogP contribution in [0.5, 0.6) is 0 Å². The second-order valence-corrected chi connectivity index (χ2v) is 5.53. The molecule has 0 fully saturated rings. The number of nitrogens with zero attached hydrogens (tertiary/aromatic N) is 3. The number of aryl methyl sites for hydroxylation is 1. The lowest BCUT2D eigenvalue weighted by Gasteiger charge is -2.22. The molecule has 3 aromatic rings. The number of hydrogen-bond acceptors (Lipinski definition) is 4. The number of benzene rings is 1. The summed E-state index contributed by atoms with van der Waals surface area (Å²) in [5.74, 6) is -0.209. The summed E-state index contributed by atoms with van der Waals surface area (Å²) in [7, 11) is 1.67. The van der Waals surface area contributed by atoms with Crippen LogP contribution in [0.25, 0.3) is 11.0 Å². The van der Waals surface area contributed by atoms with Crippen LogP contribution < -0.4 is 5.69 Å². The number of H-pyrrole nitrogens is 1. The maximum Gasteiger partial charge on any atom is 0.326 e. The first-order valence-corrected chi connectivity index (χ1v) is 7.58. The molecule has 0 bridgehead atoms. The van der Waals surface area contributed by atoms with Crippen LogP contribution in [0.4, 0.5) is 0 Å². The van der Waals surface area contributed by atoms with E-state index in [1.165, 1.54) is 4.57 Å². The van der Waals surface area contributed by atoms with Crippen molar-refractivity contribution in [1.29, 1.82) is 0 Å². The molecule has 2 N–H and O–H groups in total. The number of nitrogens with one attached hydrogen (secondary N) is 1. The van der Waals surface area contributed by atoms with Crippen molar-refractivity contribution in [2.75, 3.05) is 13.2 Å². The minimum absolute atomic E-state index is 0.129. The predicted octanol–water partition coefficient (Wildman–Crippen LogP) is 0.896. The molecule has 3 rings (SSSR count). The van der Waals surface area contributed by atoms with Gasteiger partial charge in [-0.15, -0.1) is 0 Å². The number of pyridine rings is 1. The third-order valence-corrected chi connectivity index (χ3v) is 3.90. The highest BCUT2D eigenvalue weighted by Crippen LogP contribution is 2.15. The first kappa shape index (κ1) is 15.9. The van der Waals surface area contributed by atoms with E-state index in [9.17, 15) is 14.7 Å². The molecule has 0 aliphatic rings. The maximum atomic E-state index is 12.8. The number of aliphatic hydroxyl groups is 1. The number of amides is 1. The van der Waals surface area contributed by atoms with E-state index in [4.69, 9.17) is 0 Å². The van der Waals surface area contributed by atoms with E-state index in [1.54, 1.807) is 48.6 Å². The average Bonchev–Trinajstić information content (AvgIpc) is 2.88. The number of aromatic nitrogens is 3. The predicted molar refractivity (Wildman–Crippen MR) is 89.6 cm³/mol. The fourth-order valence-corrected chi connectivity index (χ4v) is 2.64. The number of imidazole rings is 1. The van der Waals surface area contributed by atoms with Gasteiger partial charge in [-0.1, -0.05) is 6.07 Å². The Labute approximate surface area is 138 Å². The molecule has 0 atom stereocenters. The number of rotatable bonds is 5. The third kappa shape index (κ3) is 3.07. The Morgan fingerprint density at radius 1 is 1.38 bits per heavy atom. The molecule has 1 aromatic carbocycles. The van der Waals surface area contributed by atoms with Gasteiger partial charge >= 0.3 is 5.69 Å². The van der Waals surface area contributed by atoms with Crippen molar-refractivity contribution in [3.8, 4) is 0 Å². The van der Waals surface area contributed by atoms with Gasteiger partial charge in [-0.25, -0.2) is 4.79 Å². The molecular formula is C17H18N4O3. The Morgan fingerprint density at radius 2 is 2.21 bits per heavy atom. The Morgan fingerprint density at radius 3 is 2.92 bits per heavy atom. The summed E-state index contributed by atoms with van der Waals surface area (Å²) in [4.78, 5) is 32.8. The number of carbonyl (C=O) groups excluding carboxylic acids is 1. The van der Waals surface area contributed by atoms with Crippen LogP contribution in [0.1, 0.15) is 15.9 Å². The van der Waals surface area contributed by atoms with Gasteiger partial charge in [0.15, 0.2) is 0 Å². The molecule has 24 heavy (non-hydrogen) atoms. The molecule has 124 valence electrons. The van der Waals surface area contributed by atoms with Gasteiger partial charge in [0, 0.05) is 38.1 Å². The van der Waals surface area contributed by atoms with Gasteiger partial charge in [-0.3, -0.25) is 14.3 Å². The van der Waals surface area contributed by atoms with Crippen LogP contribution in [-0.4, -0.2) is 43.6 Å². The van der Waals surface area contributed by atoms with Crippen LogP contribution in [0, 0.1) is 0 Å². The molecule has 7 heteroatoms. The van der Waals surface area contributed by atoms with Gasteiger partial charge in [-0.2, -0.15) is 0 Å². The minimum Gasteiger partial charge on any atom is -0.395 e. The highest BCUT2D eigenvalue weighted by atomic mass is 16.3. The molecule has 0 aliphatic carbocycles. The van der Waals surface area contributed by atoms with Gasteiger partial charge in [0.2, 0.25) is 0 Å². The number of fused-ring (bicyclic) bond motifs is 1. The molecule has 0 unspecified atom stereocenters. The van der Waals surface area contributed by atoms with Gasteiger partial charge in [0.05, 0.1) is 17.6 Å². The third-order valence-electron chi connectivity index (χ3n) is 3.90. The summed E-state index contributed by atoms with van der Waals surface area (Å²) < 4.78 is 1.49. The zero-order valence-corrected chi connectivity index (χ0v) is 13.3. The van der Waals surface area contributed by atoms with E-state index < -0.39 is 0 Å². The molecule has 2 aromatic heterocycles. The number of aliphatic hydroxyl groups excluding tert-OH is 1. The summed E-state index contributed by atoms with van der Waals surface area (Å²) in [5.41, 5.74) is 2.46. The topological polar surface area (TPSA) is 91.2 Å². The summed E-state index contributed by atoms with van der Waals surface area (Å²) in [6.07, 6.45) is 3.36. The van der Waals surface area contributed by atoms with E-state index in [2.05, 4.69) is 9.97 Å². The van der Waals surface area contributed by atoms with Crippen LogP contribution in [0.15, 0.2) is 47.5 Å². The number of hydrogen-bond donors (Lipinski definition) is 2. The van der Waals surface area contributed by atoms with Crippen molar-refractivity contribution >= 4 is 16.9 Å². The van der Waals surface area contributed by atoms with Crippen LogP contribution in [0.2, 0.25) is 0 Å². The number of aromatic amines is 1. The lowest BCUT2D eigenvalue weighted by Crippen LogP contribution is -2.33. The molecular weight excluding hydrogens is 308 g/mol. The van der Waals surface area contributed by atoms with E-state index in [0.29, 0.717) is 17.6 Å². The molecule has 0 saturated carbocycles. The minimum atomic E-state index is -0.225. The molecule has 2 heterocycles. The fraction of sp³-hybridized carbons (Fsp3) is 0.235. The zero-order chi connectivity index (χ0) is 17.1. The van der Waals surface area contributed by atoms with E-state index in [-0.39, 0.29) is 24.7 Å². The number of carbonyl (C=O) groups is 1. The van der Waals surface area contributed by atoms with Gasteiger partial charge in [0.25, 0.3) is 5.91 Å². The SMILES string of the molecule is Cn1c(=O)[nH]c2cc(C(=O)N(CCO)Cc3cccnc3)ccc21. The van der Waals surface area contributed by atoms with Crippen molar-refractivity contribution in [2.45, 2.75) is 6.54 Å². The second-order valence-electron chi connectivity index (χ2n) is 5.53. The van der Waals surface area contributed by atoms with Gasteiger partial charge < -0.3 is 15.0 Å². The molecule has 1 amide bonds. The lowest BCUT2D eigenvalue weighted by atomic mass is 10.1. The quantitative estimate of drug-likeness (QED) is 0.729. The van der Waals surface area contributed by atoms with Crippen LogP contribution >= 0.6 is 0 Å². The standard InChI is InChI=1S/C17H18N4O3/c1-20-15-5-4-13(9-14(15)19-17(20)24)16(23)21(7-8-22)11-12-3-2-6-18-10-12/h2-6,9-10,22H,7-8,11H2,1H3,(H,19,24). The Bertz CT molecular complexity index is 914. The summed E-state index contributed by atoms with van der Waals surface area (Å²) in [6.45, 7) is 0.448. The summed E-state index contributed by atoms with van der Waals surface area (Å²) >= 11 is 0. The van der Waals surface area contributed by atoms with Crippen LogP contribution in [0.3, 0.4) is 0 Å². The second kappa shape index (κ2) is 6.67. The Kier molecular flexibility index (Phi) is 4.43. The van der Waals surface area contributed by atoms with Crippen molar-refractivity contribution in [2.24, 2.45) is 7.05 Å². The first-order chi connectivity index (χ1) is 11.6. The van der Waals surface area contributed by atoms with Crippen molar-refractivity contribution < 1.29 is 9.90 Å². The smallest absolute Gasteiger partial charge is 0.326 e. The van der Waals surface area contributed by atoms with Gasteiger partial charge in [0.1, 0.15) is 0 Å².